The Kier molecular flexibility index (Phi) is 3.97. The molecule has 4 nitrogen and oxygen atoms in total. The summed E-state index contributed by atoms with van der Waals surface area (Å²) in [5.41, 5.74) is 4.53. The number of hydrogen-bond acceptors (Lipinski definition) is 3. The molecule has 0 amide bonds. The molecule has 21 heavy (non-hydrogen) atoms. The van der Waals surface area contributed by atoms with Gasteiger partial charge in [-0.3, -0.25) is 4.98 Å². The van der Waals surface area contributed by atoms with Crippen LogP contribution >= 0.6 is 0 Å². The number of pyridine rings is 1. The molecule has 0 aliphatic carbocycles. The highest BCUT2D eigenvalue weighted by Crippen LogP contribution is 2.14. The lowest BCUT2D eigenvalue weighted by atomic mass is 10.3. The van der Waals surface area contributed by atoms with Crippen molar-refractivity contribution in [2.45, 2.75) is 26.9 Å². The number of fused-ring (bicyclic) bond motifs is 1. The van der Waals surface area contributed by atoms with Gasteiger partial charge in [-0.15, -0.1) is 0 Å². The zero-order valence-electron chi connectivity index (χ0n) is 12.5. The number of aryl methyl sites for hydroxylation is 2. The second-order valence-corrected chi connectivity index (χ2v) is 5.30. The third kappa shape index (κ3) is 3.11. The molecule has 0 radical (unpaired) electrons. The van der Waals surface area contributed by atoms with E-state index in [2.05, 4.69) is 64.0 Å². The summed E-state index contributed by atoms with van der Waals surface area (Å²) in [7, 11) is 0. The fourth-order valence-corrected chi connectivity index (χ4v) is 2.49. The van der Waals surface area contributed by atoms with Gasteiger partial charge in [-0.05, 0) is 37.6 Å². The molecule has 1 N–H and O–H groups in total. The average Bonchev–Trinajstić information content (AvgIpc) is 2.81. The first-order valence-electron chi connectivity index (χ1n) is 7.28. The molecule has 0 unspecified atom stereocenters. The molecule has 2 heterocycles. The molecule has 0 saturated carbocycles. The molecule has 3 rings (SSSR count). The summed E-state index contributed by atoms with van der Waals surface area (Å²) in [4.78, 5) is 8.98. The van der Waals surface area contributed by atoms with Crippen molar-refractivity contribution in [1.82, 2.24) is 19.9 Å². The smallest absolute Gasteiger partial charge is 0.106 e. The Labute approximate surface area is 124 Å². The third-order valence-electron chi connectivity index (χ3n) is 3.64. The standard InChI is InChI=1S/C17H20N4/c1-13-7-8-15(19-11-13)12-18-9-10-21-14(2)20-16-5-3-4-6-17(16)21/h3-8,11,18H,9-10,12H2,1-2H3. The number of nitrogens with zero attached hydrogens (tertiary/aromatic N) is 3. The van der Waals surface area contributed by atoms with Crippen molar-refractivity contribution in [2.75, 3.05) is 6.54 Å². The average molecular weight is 280 g/mol. The Bertz CT molecular complexity index is 728. The van der Waals surface area contributed by atoms with Gasteiger partial charge >= 0.3 is 0 Å². The van der Waals surface area contributed by atoms with Crippen molar-refractivity contribution in [3.63, 3.8) is 0 Å². The fraction of sp³-hybridized carbons (Fsp3) is 0.294. The van der Waals surface area contributed by atoms with E-state index in [0.717, 1.165) is 36.7 Å². The van der Waals surface area contributed by atoms with Crippen LogP contribution in [0.15, 0.2) is 42.6 Å². The zero-order valence-corrected chi connectivity index (χ0v) is 12.5. The summed E-state index contributed by atoms with van der Waals surface area (Å²) >= 11 is 0. The van der Waals surface area contributed by atoms with Crippen molar-refractivity contribution >= 4 is 11.0 Å². The number of imidazole rings is 1. The molecule has 0 aliphatic heterocycles. The summed E-state index contributed by atoms with van der Waals surface area (Å²) in [5.74, 6) is 1.06. The van der Waals surface area contributed by atoms with Crippen molar-refractivity contribution in [3.8, 4) is 0 Å². The summed E-state index contributed by atoms with van der Waals surface area (Å²) in [6.07, 6.45) is 1.91. The van der Waals surface area contributed by atoms with Gasteiger partial charge in [0.25, 0.3) is 0 Å². The number of hydrogen-bond donors (Lipinski definition) is 1. The molecule has 108 valence electrons. The normalized spacial score (nSPS) is 11.1. The van der Waals surface area contributed by atoms with Gasteiger partial charge in [-0.1, -0.05) is 18.2 Å². The molecule has 4 heteroatoms. The van der Waals surface area contributed by atoms with E-state index >= 15 is 0 Å². The van der Waals surface area contributed by atoms with Gasteiger partial charge in [0.2, 0.25) is 0 Å². The summed E-state index contributed by atoms with van der Waals surface area (Å²) in [6.45, 7) is 6.72. The van der Waals surface area contributed by atoms with Gasteiger partial charge in [-0.25, -0.2) is 4.98 Å². The highest BCUT2D eigenvalue weighted by molar-refractivity contribution is 5.75. The maximum Gasteiger partial charge on any atom is 0.106 e. The monoisotopic (exact) mass is 280 g/mol. The van der Waals surface area contributed by atoms with Crippen LogP contribution in [0, 0.1) is 13.8 Å². The molecule has 2 aromatic heterocycles. The van der Waals surface area contributed by atoms with Gasteiger partial charge in [-0.2, -0.15) is 0 Å². The van der Waals surface area contributed by atoms with Crippen LogP contribution in [0.4, 0.5) is 0 Å². The molecule has 0 saturated heterocycles. The Morgan fingerprint density at radius 3 is 2.76 bits per heavy atom. The van der Waals surface area contributed by atoms with Crippen LogP contribution < -0.4 is 5.32 Å². The molecule has 0 bridgehead atoms. The molecule has 1 aromatic carbocycles. The minimum absolute atomic E-state index is 0.798. The number of nitrogens with one attached hydrogen (secondary N) is 1. The predicted molar refractivity (Wildman–Crippen MR) is 85.2 cm³/mol. The van der Waals surface area contributed by atoms with E-state index < -0.39 is 0 Å². The second-order valence-electron chi connectivity index (χ2n) is 5.30. The van der Waals surface area contributed by atoms with E-state index in [9.17, 15) is 0 Å². The van der Waals surface area contributed by atoms with Crippen LogP contribution in [0.3, 0.4) is 0 Å². The van der Waals surface area contributed by atoms with Crippen molar-refractivity contribution < 1.29 is 0 Å². The minimum Gasteiger partial charge on any atom is -0.327 e. The van der Waals surface area contributed by atoms with Crippen LogP contribution in [-0.2, 0) is 13.1 Å². The maximum absolute atomic E-state index is 4.58. The lowest BCUT2D eigenvalue weighted by Gasteiger charge is -2.08. The summed E-state index contributed by atoms with van der Waals surface area (Å²) < 4.78 is 2.25. The highest BCUT2D eigenvalue weighted by Gasteiger charge is 2.05. The number of aromatic nitrogens is 3. The SMILES string of the molecule is Cc1ccc(CNCCn2c(C)nc3ccccc32)nc1. The van der Waals surface area contributed by atoms with Crippen LogP contribution in [0.1, 0.15) is 17.1 Å². The van der Waals surface area contributed by atoms with Gasteiger partial charge in [0.15, 0.2) is 0 Å². The van der Waals surface area contributed by atoms with Crippen molar-refractivity contribution in [1.29, 1.82) is 0 Å². The number of benzene rings is 1. The lowest BCUT2D eigenvalue weighted by molar-refractivity contribution is 0.592. The van der Waals surface area contributed by atoms with Crippen LogP contribution in [0.5, 0.6) is 0 Å². The van der Waals surface area contributed by atoms with E-state index in [1.54, 1.807) is 0 Å². The molecule has 0 atom stereocenters. The van der Waals surface area contributed by atoms with Gasteiger partial charge < -0.3 is 9.88 Å². The zero-order chi connectivity index (χ0) is 14.7. The molecular formula is C17H20N4. The first-order valence-corrected chi connectivity index (χ1v) is 7.28. The van der Waals surface area contributed by atoms with E-state index in [4.69, 9.17) is 0 Å². The number of rotatable bonds is 5. The van der Waals surface area contributed by atoms with Gasteiger partial charge in [0, 0.05) is 25.8 Å². The highest BCUT2D eigenvalue weighted by atomic mass is 15.1. The largest absolute Gasteiger partial charge is 0.327 e. The maximum atomic E-state index is 4.58. The van der Waals surface area contributed by atoms with E-state index in [0.29, 0.717) is 0 Å². The third-order valence-corrected chi connectivity index (χ3v) is 3.64. The van der Waals surface area contributed by atoms with Gasteiger partial charge in [0.05, 0.1) is 16.7 Å². The first-order chi connectivity index (χ1) is 10.2. The molecule has 0 spiro atoms. The van der Waals surface area contributed by atoms with Gasteiger partial charge in [0.1, 0.15) is 5.82 Å². The molecule has 0 aliphatic rings. The Morgan fingerprint density at radius 1 is 1.10 bits per heavy atom. The summed E-state index contributed by atoms with van der Waals surface area (Å²) in [5, 5.41) is 3.44. The Morgan fingerprint density at radius 2 is 1.95 bits per heavy atom. The van der Waals surface area contributed by atoms with E-state index in [1.807, 2.05) is 12.3 Å². The Hall–Kier alpha value is -2.20. The van der Waals surface area contributed by atoms with Crippen LogP contribution in [0.2, 0.25) is 0 Å². The van der Waals surface area contributed by atoms with Crippen LogP contribution in [-0.4, -0.2) is 21.1 Å². The van der Waals surface area contributed by atoms with Crippen molar-refractivity contribution in [3.05, 3.63) is 59.7 Å². The predicted octanol–water partition coefficient (Wildman–Crippen LogP) is 2.84. The quantitative estimate of drug-likeness (QED) is 0.731. The molecule has 0 fully saturated rings. The van der Waals surface area contributed by atoms with Crippen LogP contribution in [0.25, 0.3) is 11.0 Å². The molecular weight excluding hydrogens is 260 g/mol. The molecule has 3 aromatic rings. The van der Waals surface area contributed by atoms with Crippen molar-refractivity contribution in [2.24, 2.45) is 0 Å². The fourth-order valence-electron chi connectivity index (χ4n) is 2.49. The first kappa shape index (κ1) is 13.8. The second kappa shape index (κ2) is 6.06. The Balaban J connectivity index is 1.59. The number of para-hydroxylation sites is 2. The summed E-state index contributed by atoms with van der Waals surface area (Å²) in [6, 6.07) is 12.4. The minimum atomic E-state index is 0.798. The lowest BCUT2D eigenvalue weighted by Crippen LogP contribution is -2.20. The van der Waals surface area contributed by atoms with E-state index in [1.165, 1.54) is 11.1 Å². The topological polar surface area (TPSA) is 42.7 Å². The van der Waals surface area contributed by atoms with E-state index in [-0.39, 0.29) is 0 Å².